The van der Waals surface area contributed by atoms with Crippen molar-refractivity contribution in [2.75, 3.05) is 58.9 Å². The van der Waals surface area contributed by atoms with Crippen LogP contribution in [0.2, 0.25) is 10.0 Å². The number of amides is 2. The summed E-state index contributed by atoms with van der Waals surface area (Å²) in [6.07, 6.45) is 1.68. The minimum Gasteiger partial charge on any atom is -0.490 e. The molecule has 10 heteroatoms. The summed E-state index contributed by atoms with van der Waals surface area (Å²) in [5, 5.41) is 4.20. The third kappa shape index (κ3) is 9.77. The Kier molecular flexibility index (Phi) is 11.2. The predicted molar refractivity (Wildman–Crippen MR) is 163 cm³/mol. The minimum absolute atomic E-state index is 0.0311. The molecule has 0 aliphatic carbocycles. The van der Waals surface area contributed by atoms with Crippen LogP contribution in [-0.4, -0.2) is 97.3 Å². The van der Waals surface area contributed by atoms with Crippen LogP contribution in [0, 0.1) is 0 Å². The summed E-state index contributed by atoms with van der Waals surface area (Å²) in [5.41, 5.74) is 0.487. The number of halogens is 2. The summed E-state index contributed by atoms with van der Waals surface area (Å²) in [4.78, 5) is 32.2. The zero-order valence-corrected chi connectivity index (χ0v) is 25.8. The summed E-state index contributed by atoms with van der Waals surface area (Å²) < 4.78 is 11.6. The molecule has 2 aliphatic rings. The van der Waals surface area contributed by atoms with Crippen molar-refractivity contribution in [2.24, 2.45) is 0 Å². The van der Waals surface area contributed by atoms with Crippen molar-refractivity contribution < 1.29 is 19.1 Å². The van der Waals surface area contributed by atoms with Crippen LogP contribution in [0.4, 0.5) is 4.79 Å². The monoisotopic (exact) mass is 604 g/mol. The molecule has 0 bridgehead atoms. The number of benzene rings is 2. The molecular formula is C31H42Cl2N4O4. The largest absolute Gasteiger partial charge is 0.490 e. The van der Waals surface area contributed by atoms with Crippen LogP contribution in [0.25, 0.3) is 0 Å². The number of piperazine rings is 1. The topological polar surface area (TPSA) is 74.4 Å². The molecule has 41 heavy (non-hydrogen) atoms. The highest BCUT2D eigenvalue weighted by Crippen LogP contribution is 2.28. The summed E-state index contributed by atoms with van der Waals surface area (Å²) in [5.74, 6) is 0.488. The van der Waals surface area contributed by atoms with E-state index in [0.717, 1.165) is 43.8 Å². The van der Waals surface area contributed by atoms with Gasteiger partial charge in [0.25, 0.3) is 0 Å². The van der Waals surface area contributed by atoms with Crippen LogP contribution in [0.3, 0.4) is 0 Å². The number of rotatable bonds is 9. The molecule has 8 nitrogen and oxygen atoms in total. The summed E-state index contributed by atoms with van der Waals surface area (Å²) in [6, 6.07) is 15.3. The molecule has 2 aromatic rings. The molecule has 2 aromatic carbocycles. The number of hydrogen-bond donors (Lipinski definition) is 1. The second-order valence-electron chi connectivity index (χ2n) is 11.8. The zero-order chi connectivity index (χ0) is 29.4. The van der Waals surface area contributed by atoms with Gasteiger partial charge in [0.2, 0.25) is 5.91 Å². The van der Waals surface area contributed by atoms with Gasteiger partial charge in [-0.15, -0.1) is 0 Å². The van der Waals surface area contributed by atoms with Gasteiger partial charge in [-0.1, -0.05) is 53.5 Å². The number of likely N-dealkylation sites (tertiary alicyclic amines) is 1. The van der Waals surface area contributed by atoms with Crippen molar-refractivity contribution in [3.05, 3.63) is 64.1 Å². The van der Waals surface area contributed by atoms with Crippen molar-refractivity contribution in [2.45, 2.75) is 51.2 Å². The third-order valence-electron chi connectivity index (χ3n) is 7.44. The first-order chi connectivity index (χ1) is 19.6. The lowest BCUT2D eigenvalue weighted by Gasteiger charge is -2.37. The van der Waals surface area contributed by atoms with E-state index in [9.17, 15) is 9.59 Å². The van der Waals surface area contributed by atoms with Crippen LogP contribution in [0.15, 0.2) is 48.5 Å². The predicted octanol–water partition coefficient (Wildman–Crippen LogP) is 5.29. The lowest BCUT2D eigenvalue weighted by Crippen LogP contribution is -2.51. The molecule has 1 N–H and O–H groups in total. The van der Waals surface area contributed by atoms with E-state index in [4.69, 9.17) is 32.7 Å². The van der Waals surface area contributed by atoms with Crippen molar-refractivity contribution in [1.82, 2.24) is 20.0 Å². The van der Waals surface area contributed by atoms with Gasteiger partial charge in [-0.2, -0.15) is 0 Å². The summed E-state index contributed by atoms with van der Waals surface area (Å²) in [6.45, 7) is 12.0. The van der Waals surface area contributed by atoms with E-state index < -0.39 is 5.60 Å². The van der Waals surface area contributed by atoms with E-state index in [0.29, 0.717) is 49.3 Å². The highest BCUT2D eigenvalue weighted by atomic mass is 35.5. The van der Waals surface area contributed by atoms with Crippen LogP contribution in [0.5, 0.6) is 5.75 Å². The summed E-state index contributed by atoms with van der Waals surface area (Å²) >= 11 is 12.1. The SMILES string of the molecule is CC(C)(C)OC(=O)N1CCN(CC(C(=O)NCCN2CCC(Oc3ccc(Cl)c(Cl)c3)CC2)c2ccccc2)CC1. The van der Waals surface area contributed by atoms with Crippen molar-refractivity contribution >= 4 is 35.2 Å². The van der Waals surface area contributed by atoms with E-state index in [2.05, 4.69) is 15.1 Å². The van der Waals surface area contributed by atoms with Crippen molar-refractivity contribution in [3.63, 3.8) is 0 Å². The molecule has 2 aliphatic heterocycles. The van der Waals surface area contributed by atoms with Gasteiger partial charge < -0.3 is 24.6 Å². The average Bonchev–Trinajstić information content (AvgIpc) is 2.94. The zero-order valence-electron chi connectivity index (χ0n) is 24.3. The van der Waals surface area contributed by atoms with Gasteiger partial charge in [0.15, 0.2) is 0 Å². The van der Waals surface area contributed by atoms with Crippen LogP contribution < -0.4 is 10.1 Å². The number of nitrogens with one attached hydrogen (secondary N) is 1. The van der Waals surface area contributed by atoms with E-state index in [1.54, 1.807) is 17.0 Å². The fourth-order valence-electron chi connectivity index (χ4n) is 5.18. The Balaban J connectivity index is 1.22. The van der Waals surface area contributed by atoms with E-state index >= 15 is 0 Å². The summed E-state index contributed by atoms with van der Waals surface area (Å²) in [7, 11) is 0. The molecule has 2 fully saturated rings. The molecule has 224 valence electrons. The van der Waals surface area contributed by atoms with Crippen LogP contribution >= 0.6 is 23.2 Å². The quantitative estimate of drug-likeness (QED) is 0.419. The molecular weight excluding hydrogens is 563 g/mol. The maximum Gasteiger partial charge on any atom is 0.410 e. The molecule has 2 heterocycles. The molecule has 0 spiro atoms. The first-order valence-electron chi connectivity index (χ1n) is 14.4. The lowest BCUT2D eigenvalue weighted by atomic mass is 9.97. The van der Waals surface area contributed by atoms with Gasteiger partial charge in [-0.3, -0.25) is 9.69 Å². The molecule has 0 radical (unpaired) electrons. The number of carbonyl (C=O) groups is 2. The minimum atomic E-state index is -0.513. The fraction of sp³-hybridized carbons (Fsp3) is 0.548. The van der Waals surface area contributed by atoms with Gasteiger partial charge in [0.05, 0.1) is 16.0 Å². The highest BCUT2D eigenvalue weighted by molar-refractivity contribution is 6.42. The molecule has 2 saturated heterocycles. The fourth-order valence-corrected chi connectivity index (χ4v) is 5.46. The number of hydrogen-bond acceptors (Lipinski definition) is 6. The van der Waals surface area contributed by atoms with Gasteiger partial charge in [0, 0.05) is 65.0 Å². The third-order valence-corrected chi connectivity index (χ3v) is 8.18. The Labute approximate surface area is 253 Å². The maximum atomic E-state index is 13.4. The number of nitrogens with zero attached hydrogens (tertiary/aromatic N) is 3. The van der Waals surface area contributed by atoms with Gasteiger partial charge >= 0.3 is 6.09 Å². The van der Waals surface area contributed by atoms with Crippen LogP contribution in [-0.2, 0) is 9.53 Å². The number of ether oxygens (including phenoxy) is 2. The second kappa shape index (κ2) is 14.6. The first kappa shape index (κ1) is 31.4. The molecule has 2 amide bonds. The van der Waals surface area contributed by atoms with Crippen LogP contribution in [0.1, 0.15) is 45.1 Å². The molecule has 0 saturated carbocycles. The van der Waals surface area contributed by atoms with E-state index in [-0.39, 0.29) is 24.0 Å². The highest BCUT2D eigenvalue weighted by Gasteiger charge is 2.29. The molecule has 1 unspecified atom stereocenters. The first-order valence-corrected chi connectivity index (χ1v) is 15.2. The Bertz CT molecular complexity index is 1140. The second-order valence-corrected chi connectivity index (χ2v) is 12.6. The maximum absolute atomic E-state index is 13.4. The van der Waals surface area contributed by atoms with Crippen molar-refractivity contribution in [1.29, 1.82) is 0 Å². The van der Waals surface area contributed by atoms with E-state index in [1.807, 2.05) is 57.2 Å². The lowest BCUT2D eigenvalue weighted by molar-refractivity contribution is -0.123. The molecule has 4 rings (SSSR count). The Morgan fingerprint density at radius 1 is 0.927 bits per heavy atom. The Hall–Kier alpha value is -2.52. The number of carbonyl (C=O) groups excluding carboxylic acids is 2. The molecule has 0 aromatic heterocycles. The smallest absolute Gasteiger partial charge is 0.410 e. The average molecular weight is 606 g/mol. The number of piperidine rings is 1. The Morgan fingerprint density at radius 3 is 2.24 bits per heavy atom. The van der Waals surface area contributed by atoms with Gasteiger partial charge in [-0.05, 0) is 51.3 Å². The van der Waals surface area contributed by atoms with E-state index in [1.165, 1.54) is 0 Å². The molecule has 1 atom stereocenters. The standard InChI is InChI=1S/C31H42Cl2N4O4/c1-31(2,3)41-30(39)37-19-17-36(18-20-37)22-26(23-7-5-4-6-8-23)29(38)34-13-16-35-14-11-24(12-15-35)40-25-9-10-27(32)28(33)21-25/h4-10,21,24,26H,11-20,22H2,1-3H3,(H,34,38). The van der Waals surface area contributed by atoms with Gasteiger partial charge in [-0.25, -0.2) is 4.79 Å². The van der Waals surface area contributed by atoms with Gasteiger partial charge in [0.1, 0.15) is 17.5 Å². The normalized spacial score (nSPS) is 18.1. The van der Waals surface area contributed by atoms with Crippen molar-refractivity contribution in [3.8, 4) is 5.75 Å². The Morgan fingerprint density at radius 2 is 1.61 bits per heavy atom.